The number of hydrogen-bond acceptors (Lipinski definition) is 6. The number of ether oxygens (including phenoxy) is 1. The number of hydrogen-bond donors (Lipinski definition) is 1. The number of nitro benzene ring substituents is 2. The van der Waals surface area contributed by atoms with Gasteiger partial charge in [0.1, 0.15) is 6.10 Å². The van der Waals surface area contributed by atoms with E-state index < -0.39 is 16.0 Å². The first-order valence-electron chi connectivity index (χ1n) is 8.11. The molecule has 1 fully saturated rings. The number of nitrogens with zero attached hydrogens (tertiary/aromatic N) is 2. The van der Waals surface area contributed by atoms with Gasteiger partial charge in [0.2, 0.25) is 0 Å². The van der Waals surface area contributed by atoms with Crippen LogP contribution in [0.3, 0.4) is 0 Å². The fourth-order valence-electron chi connectivity index (χ4n) is 2.01. The second-order valence-corrected chi connectivity index (χ2v) is 52.9. The summed E-state index contributed by atoms with van der Waals surface area (Å²) in [4.78, 5) is 19.5. The molecule has 0 amide bonds. The first-order valence-corrected chi connectivity index (χ1v) is 31.2. The van der Waals surface area contributed by atoms with Crippen LogP contribution in [0.1, 0.15) is 23.3 Å². The molecule has 177 valence electrons. The van der Waals surface area contributed by atoms with Crippen LogP contribution in [0.4, 0.5) is 11.4 Å². The molecule has 0 saturated carbocycles. The summed E-state index contributed by atoms with van der Waals surface area (Å²) >= 11 is 17.5. The Bertz CT molecular complexity index is 851. The van der Waals surface area contributed by atoms with E-state index in [1.54, 1.807) is 18.2 Å². The van der Waals surface area contributed by atoms with Crippen molar-refractivity contribution in [1.29, 1.82) is 0 Å². The molecule has 0 radical (unpaired) electrons. The Kier molecular flexibility index (Phi) is 21.8. The second kappa shape index (κ2) is 20.3. The molecule has 2 atom stereocenters. The third-order valence-electron chi connectivity index (χ3n) is 3.40. The quantitative estimate of drug-likeness (QED) is 0.107. The second-order valence-electron chi connectivity index (χ2n) is 5.45. The monoisotopic (exact) mass is 1100 g/mol. The van der Waals surface area contributed by atoms with Crippen LogP contribution in [0, 0.1) is 20.2 Å². The molecule has 3 rings (SSSR count). The van der Waals surface area contributed by atoms with Crippen LogP contribution < -0.4 is 0 Å². The fraction of sp³-hybridized carbons (Fsp3) is 0.250. The molecule has 1 aliphatic heterocycles. The molecule has 2 aromatic rings. The van der Waals surface area contributed by atoms with Crippen LogP contribution in [0.15, 0.2) is 48.5 Å². The number of aliphatic hydroxyl groups excluding tert-OH is 1. The third kappa shape index (κ3) is 16.9. The van der Waals surface area contributed by atoms with Gasteiger partial charge in [0.25, 0.3) is 11.4 Å². The molecule has 16 heteroatoms. The Morgan fingerprint density at radius 3 is 1.94 bits per heavy atom. The van der Waals surface area contributed by atoms with Gasteiger partial charge in [-0.25, -0.2) is 0 Å². The average molecular weight is 1100 g/mol. The summed E-state index contributed by atoms with van der Waals surface area (Å²) in [6, 6.07) is 12.3. The molecule has 1 heterocycles. The minimum absolute atomic E-state index is 0.0289. The topological polar surface area (TPSA) is 119 Å². The zero-order valence-electron chi connectivity index (χ0n) is 15.7. The number of benzene rings is 2. The molecule has 0 bridgehead atoms. The van der Waals surface area contributed by atoms with E-state index in [2.05, 4.69) is 99.9 Å². The van der Waals surface area contributed by atoms with Crippen molar-refractivity contribution in [1.82, 2.24) is 0 Å². The molecular formula is C16H15ClI5N2O6V2. The van der Waals surface area contributed by atoms with Crippen molar-refractivity contribution in [3.8, 4) is 0 Å². The molecule has 0 aromatic heterocycles. The fourth-order valence-corrected chi connectivity index (χ4v) is 2.19. The molecule has 2 aromatic carbocycles. The Labute approximate surface area is 256 Å². The third-order valence-corrected chi connectivity index (χ3v) is 3.69. The van der Waals surface area contributed by atoms with Crippen LogP contribution in [0.5, 0.6) is 0 Å². The van der Waals surface area contributed by atoms with Gasteiger partial charge >= 0.3 is 114 Å². The van der Waals surface area contributed by atoms with Gasteiger partial charge in [-0.3, -0.25) is 20.2 Å². The maximum absolute atomic E-state index is 10.4. The Morgan fingerprint density at radius 2 is 1.53 bits per heavy atom. The van der Waals surface area contributed by atoms with E-state index in [0.29, 0.717) is 21.6 Å². The standard InChI is InChI=1S/C8H8ClNO3.C8H7NO3.5HI.2V/c9-5-8(11)6-2-1-3-7(4-6)10(12)13;10-9(11)7-3-1-2-6(4-7)8-5-12-8;;;;;;;/h1-4,8,11H,5H2;1-4,8H,5H2;5*1H;;/q;;;;;;;+2;+3/p-5/t2*8-;;;;;;;/m00......./s1. The predicted octanol–water partition coefficient (Wildman–Crippen LogP) is 7.96. The molecule has 8 nitrogen and oxygen atoms in total. The van der Waals surface area contributed by atoms with Gasteiger partial charge in [0.05, 0.1) is 28.4 Å². The van der Waals surface area contributed by atoms with Gasteiger partial charge in [0, 0.05) is 24.3 Å². The zero-order chi connectivity index (χ0) is 24.7. The van der Waals surface area contributed by atoms with E-state index in [1.165, 1.54) is 24.3 Å². The van der Waals surface area contributed by atoms with Crippen molar-refractivity contribution < 1.29 is 34.1 Å². The summed E-state index contributed by atoms with van der Waals surface area (Å²) in [7, 11) is 0.628. The van der Waals surface area contributed by atoms with Gasteiger partial charge in [-0.1, -0.05) is 24.3 Å². The van der Waals surface area contributed by atoms with Gasteiger partial charge in [-0.15, -0.1) is 11.6 Å². The van der Waals surface area contributed by atoms with Crippen molar-refractivity contribution in [3.63, 3.8) is 0 Å². The number of nitro groups is 2. The number of epoxide rings is 1. The van der Waals surface area contributed by atoms with Crippen LogP contribution in [-0.4, -0.2) is 27.4 Å². The van der Waals surface area contributed by atoms with Crippen molar-refractivity contribution in [3.05, 3.63) is 79.9 Å². The van der Waals surface area contributed by atoms with E-state index in [4.69, 9.17) is 16.3 Å². The Morgan fingerprint density at radius 1 is 1.09 bits per heavy atom. The first kappa shape index (κ1) is 34.3. The molecule has 0 aliphatic carbocycles. The summed E-state index contributed by atoms with van der Waals surface area (Å²) < 4.78 is 5.01. The van der Waals surface area contributed by atoms with Gasteiger partial charge in [0.15, 0.2) is 0 Å². The Hall–Kier alpha value is 2.27. The summed E-state index contributed by atoms with van der Waals surface area (Å²) in [6.45, 7) is 0.682. The van der Waals surface area contributed by atoms with Gasteiger partial charge in [-0.2, -0.15) is 0 Å². The number of aliphatic hydroxyl groups is 1. The molecule has 1 N–H and O–H groups in total. The normalized spacial score (nSPS) is 14.3. The van der Waals surface area contributed by atoms with Gasteiger partial charge in [-0.05, 0) is 11.1 Å². The van der Waals surface area contributed by atoms with Crippen LogP contribution >= 0.6 is 111 Å². The molecule has 1 saturated heterocycles. The maximum atomic E-state index is 10.4. The summed E-state index contributed by atoms with van der Waals surface area (Å²) in [5.74, 6) is 0.0289. The Balaban J connectivity index is 0.000000468. The molecule has 1 aliphatic rings. The predicted molar refractivity (Wildman–Crippen MR) is 161 cm³/mol. The summed E-state index contributed by atoms with van der Waals surface area (Å²) in [5, 5.41) is 30.0. The number of non-ortho nitro benzene ring substituents is 2. The first-order chi connectivity index (χ1) is 15.1. The van der Waals surface area contributed by atoms with Crippen LogP contribution in [-0.2, 0) is 19.1 Å². The van der Waals surface area contributed by atoms with E-state index in [-0.39, 0.29) is 28.3 Å². The van der Waals surface area contributed by atoms with Crippen molar-refractivity contribution in [2.45, 2.75) is 12.2 Å². The van der Waals surface area contributed by atoms with Crippen LogP contribution in [0.2, 0.25) is 0 Å². The number of rotatable bonds is 5. The number of alkyl halides is 1. The van der Waals surface area contributed by atoms with Crippen molar-refractivity contribution in [2.75, 3.05) is 12.5 Å². The van der Waals surface area contributed by atoms with Crippen molar-refractivity contribution >= 4 is 123 Å². The van der Waals surface area contributed by atoms with E-state index in [9.17, 15) is 25.3 Å². The SMILES string of the molecule is O=[N+]([O-])c1cccc([C@@H](O)CCl)c1.O=[N+]([O-])c1cccc([C@@H]2CO2)c1.[I][V]([I])[I].[I][V][I]. The average Bonchev–Trinajstić information content (AvgIpc) is 3.59. The van der Waals surface area contributed by atoms with Crippen LogP contribution in [0.25, 0.3) is 0 Å². The van der Waals surface area contributed by atoms with E-state index in [0.717, 1.165) is 5.56 Å². The van der Waals surface area contributed by atoms with E-state index in [1.807, 2.05) is 6.07 Å². The minimum atomic E-state index is -0.846. The van der Waals surface area contributed by atoms with Crippen molar-refractivity contribution in [2.24, 2.45) is 0 Å². The summed E-state index contributed by atoms with van der Waals surface area (Å²) in [6.07, 6.45) is -0.758. The number of halogens is 6. The molecule has 0 spiro atoms. The summed E-state index contributed by atoms with van der Waals surface area (Å²) in [5.41, 5.74) is 1.44. The zero-order valence-corrected chi connectivity index (χ0v) is 30.1. The molecular weight excluding hydrogens is 1090 g/mol. The van der Waals surface area contributed by atoms with Gasteiger partial charge < -0.3 is 9.84 Å². The molecule has 32 heavy (non-hydrogen) atoms. The van der Waals surface area contributed by atoms with E-state index >= 15 is 0 Å². The molecule has 0 unspecified atom stereocenters.